The Hall–Kier alpha value is -1.10. The van der Waals surface area contributed by atoms with Gasteiger partial charge in [0.25, 0.3) is 0 Å². The van der Waals surface area contributed by atoms with Crippen molar-refractivity contribution in [2.45, 2.75) is 142 Å². The fourth-order valence-electron chi connectivity index (χ4n) is 4.04. The summed E-state index contributed by atoms with van der Waals surface area (Å²) in [6, 6.07) is -0.514. The van der Waals surface area contributed by atoms with Gasteiger partial charge in [0.05, 0.1) is 6.61 Å². The quantitative estimate of drug-likeness (QED) is 0.159. The molecule has 0 rings (SSSR count). The monoisotopic (exact) mass is 454 g/mol. The third-order valence-corrected chi connectivity index (χ3v) is 6.48. The topological polar surface area (TPSA) is 78.4 Å². The van der Waals surface area contributed by atoms with Crippen molar-refractivity contribution in [3.63, 3.8) is 0 Å². The van der Waals surface area contributed by atoms with Crippen LogP contribution in [0.5, 0.6) is 0 Å². The summed E-state index contributed by atoms with van der Waals surface area (Å²) in [5.74, 6) is -0.301. The van der Waals surface area contributed by atoms with Gasteiger partial charge in [-0.2, -0.15) is 0 Å². The van der Waals surface area contributed by atoms with Gasteiger partial charge in [-0.25, -0.2) is 0 Å². The summed E-state index contributed by atoms with van der Waals surface area (Å²) < 4.78 is 0. The number of unbranched alkanes of at least 4 members (excludes halogenated alkanes) is 15. The zero-order chi connectivity index (χ0) is 23.9. The van der Waals surface area contributed by atoms with E-state index in [1.165, 1.54) is 89.9 Å². The van der Waals surface area contributed by atoms with Gasteiger partial charge < -0.3 is 15.7 Å². The van der Waals surface area contributed by atoms with Gasteiger partial charge in [-0.15, -0.1) is 0 Å². The van der Waals surface area contributed by atoms with Crippen LogP contribution in [0.2, 0.25) is 0 Å². The van der Waals surface area contributed by atoms with E-state index in [0.29, 0.717) is 6.54 Å². The SMILES string of the molecule is CCCCCCCCCCCCCCCCCCNC(=O)[C@@H](NC(=O)CCO)[C@@H](C)CC. The first-order chi connectivity index (χ1) is 15.6. The van der Waals surface area contributed by atoms with Crippen LogP contribution in [0.15, 0.2) is 0 Å². The summed E-state index contributed by atoms with van der Waals surface area (Å²) in [6.07, 6.45) is 22.2. The molecule has 190 valence electrons. The Morgan fingerprint density at radius 1 is 0.719 bits per heavy atom. The summed E-state index contributed by atoms with van der Waals surface area (Å²) in [6.45, 7) is 6.73. The first kappa shape index (κ1) is 30.9. The van der Waals surface area contributed by atoms with Crippen LogP contribution in [0.25, 0.3) is 0 Å². The highest BCUT2D eigenvalue weighted by atomic mass is 16.3. The van der Waals surface area contributed by atoms with E-state index in [-0.39, 0.29) is 30.8 Å². The van der Waals surface area contributed by atoms with Crippen LogP contribution >= 0.6 is 0 Å². The zero-order valence-electron chi connectivity index (χ0n) is 21.6. The normalized spacial score (nSPS) is 13.0. The molecular weight excluding hydrogens is 400 g/mol. The van der Waals surface area contributed by atoms with E-state index in [0.717, 1.165) is 19.3 Å². The van der Waals surface area contributed by atoms with E-state index in [1.54, 1.807) is 0 Å². The van der Waals surface area contributed by atoms with E-state index < -0.39 is 6.04 Å². The molecule has 0 aliphatic heterocycles. The number of carbonyl (C=O) groups excluding carboxylic acids is 2. The van der Waals surface area contributed by atoms with Crippen LogP contribution in [0.4, 0.5) is 0 Å². The number of nitrogens with one attached hydrogen (secondary N) is 2. The molecule has 0 spiro atoms. The van der Waals surface area contributed by atoms with Gasteiger partial charge in [-0.05, 0) is 12.3 Å². The first-order valence-corrected chi connectivity index (χ1v) is 13.7. The molecule has 0 bridgehead atoms. The lowest BCUT2D eigenvalue weighted by Crippen LogP contribution is -2.50. The minimum absolute atomic E-state index is 0.0410. The Balaban J connectivity index is 3.58. The number of rotatable bonds is 23. The number of aliphatic hydroxyl groups is 1. The molecular formula is C27H54N2O3. The Morgan fingerprint density at radius 2 is 1.16 bits per heavy atom. The molecule has 0 saturated heterocycles. The van der Waals surface area contributed by atoms with Gasteiger partial charge in [0.15, 0.2) is 0 Å². The van der Waals surface area contributed by atoms with Crippen LogP contribution in [0.3, 0.4) is 0 Å². The lowest BCUT2D eigenvalue weighted by molar-refractivity contribution is -0.130. The van der Waals surface area contributed by atoms with Crippen molar-refractivity contribution < 1.29 is 14.7 Å². The highest BCUT2D eigenvalue weighted by Gasteiger charge is 2.25. The van der Waals surface area contributed by atoms with Crippen molar-refractivity contribution in [3.05, 3.63) is 0 Å². The summed E-state index contributed by atoms with van der Waals surface area (Å²) >= 11 is 0. The number of hydrogen-bond acceptors (Lipinski definition) is 3. The van der Waals surface area contributed by atoms with Crippen LogP contribution in [-0.2, 0) is 9.59 Å². The average Bonchev–Trinajstić information content (AvgIpc) is 2.79. The molecule has 2 atom stereocenters. The average molecular weight is 455 g/mol. The predicted molar refractivity (Wildman–Crippen MR) is 136 cm³/mol. The second-order valence-corrected chi connectivity index (χ2v) is 9.50. The Bertz CT molecular complexity index is 443. The van der Waals surface area contributed by atoms with Crippen LogP contribution < -0.4 is 10.6 Å². The van der Waals surface area contributed by atoms with Crippen LogP contribution in [-0.4, -0.2) is 36.1 Å². The molecule has 0 fully saturated rings. The number of aliphatic hydroxyl groups excluding tert-OH is 1. The second-order valence-electron chi connectivity index (χ2n) is 9.50. The van der Waals surface area contributed by atoms with Gasteiger partial charge in [-0.1, -0.05) is 124 Å². The van der Waals surface area contributed by atoms with Gasteiger partial charge in [0, 0.05) is 13.0 Å². The Labute approximate surface area is 198 Å². The molecule has 0 aliphatic rings. The lowest BCUT2D eigenvalue weighted by Gasteiger charge is -2.23. The number of amides is 2. The molecule has 3 N–H and O–H groups in total. The molecule has 0 heterocycles. The smallest absolute Gasteiger partial charge is 0.242 e. The predicted octanol–water partition coefficient (Wildman–Crippen LogP) is 6.28. The fourth-order valence-corrected chi connectivity index (χ4v) is 4.04. The zero-order valence-corrected chi connectivity index (χ0v) is 21.6. The molecule has 0 saturated carbocycles. The Kier molecular flexibility index (Phi) is 22.3. The molecule has 5 nitrogen and oxygen atoms in total. The van der Waals surface area contributed by atoms with Crippen molar-refractivity contribution >= 4 is 11.8 Å². The maximum Gasteiger partial charge on any atom is 0.242 e. The number of hydrogen-bond donors (Lipinski definition) is 3. The van der Waals surface area contributed by atoms with Crippen molar-refractivity contribution in [3.8, 4) is 0 Å². The lowest BCUT2D eigenvalue weighted by atomic mass is 9.98. The minimum Gasteiger partial charge on any atom is -0.396 e. The van der Waals surface area contributed by atoms with E-state index in [9.17, 15) is 9.59 Å². The molecule has 0 aromatic carbocycles. The molecule has 0 aliphatic carbocycles. The van der Waals surface area contributed by atoms with Gasteiger partial charge in [0.2, 0.25) is 11.8 Å². The highest BCUT2D eigenvalue weighted by molar-refractivity contribution is 5.87. The molecule has 5 heteroatoms. The summed E-state index contributed by atoms with van der Waals surface area (Å²) in [4.78, 5) is 24.2. The third-order valence-electron chi connectivity index (χ3n) is 6.48. The van der Waals surface area contributed by atoms with Gasteiger partial charge in [0.1, 0.15) is 6.04 Å². The second kappa shape index (κ2) is 23.1. The third kappa shape index (κ3) is 18.5. The maximum absolute atomic E-state index is 12.5. The van der Waals surface area contributed by atoms with Gasteiger partial charge in [-0.3, -0.25) is 9.59 Å². The largest absolute Gasteiger partial charge is 0.396 e. The highest BCUT2D eigenvalue weighted by Crippen LogP contribution is 2.14. The van der Waals surface area contributed by atoms with Crippen LogP contribution in [0.1, 0.15) is 136 Å². The van der Waals surface area contributed by atoms with Crippen molar-refractivity contribution in [1.29, 1.82) is 0 Å². The van der Waals surface area contributed by atoms with E-state index in [1.807, 2.05) is 13.8 Å². The standard InChI is InChI=1S/C27H54N2O3/c1-4-6-7-8-9-10-11-12-13-14-15-16-17-18-19-20-22-28-27(32)26(24(3)5-2)29-25(31)21-23-30/h24,26,30H,4-23H2,1-3H3,(H,28,32)(H,29,31)/t24-,26-/m0/s1. The minimum atomic E-state index is -0.514. The van der Waals surface area contributed by atoms with E-state index in [4.69, 9.17) is 5.11 Å². The molecule has 0 aromatic heterocycles. The molecule has 0 unspecified atom stereocenters. The van der Waals surface area contributed by atoms with Crippen LogP contribution in [0, 0.1) is 5.92 Å². The molecule has 2 amide bonds. The fraction of sp³-hybridized carbons (Fsp3) is 0.926. The maximum atomic E-state index is 12.5. The summed E-state index contributed by atoms with van der Waals surface area (Å²) in [5, 5.41) is 14.6. The first-order valence-electron chi connectivity index (χ1n) is 13.7. The van der Waals surface area contributed by atoms with Gasteiger partial charge >= 0.3 is 0 Å². The Morgan fingerprint density at radius 3 is 1.56 bits per heavy atom. The summed E-state index contributed by atoms with van der Waals surface area (Å²) in [5.41, 5.74) is 0. The molecule has 32 heavy (non-hydrogen) atoms. The molecule has 0 radical (unpaired) electrons. The van der Waals surface area contributed by atoms with Crippen molar-refractivity contribution in [2.75, 3.05) is 13.2 Å². The van der Waals surface area contributed by atoms with E-state index >= 15 is 0 Å². The molecule has 0 aromatic rings. The van der Waals surface area contributed by atoms with Crippen molar-refractivity contribution in [2.24, 2.45) is 5.92 Å². The van der Waals surface area contributed by atoms with Crippen molar-refractivity contribution in [1.82, 2.24) is 10.6 Å². The summed E-state index contributed by atoms with van der Waals surface area (Å²) in [7, 11) is 0. The number of carbonyl (C=O) groups is 2. The van der Waals surface area contributed by atoms with E-state index in [2.05, 4.69) is 17.6 Å².